The number of carbonyl (C=O) groups is 1. The second kappa shape index (κ2) is 10.6. The van der Waals surface area contributed by atoms with Gasteiger partial charge in [0, 0.05) is 12.5 Å². The van der Waals surface area contributed by atoms with Gasteiger partial charge in [-0.1, -0.05) is 27.7 Å². The largest absolute Gasteiger partial charge is 0.356 e. The molecule has 0 fully saturated rings. The lowest BCUT2D eigenvalue weighted by molar-refractivity contribution is -0.125. The van der Waals surface area contributed by atoms with Crippen LogP contribution in [-0.2, 0) is 4.79 Å². The van der Waals surface area contributed by atoms with Gasteiger partial charge in [-0.25, -0.2) is 0 Å². The summed E-state index contributed by atoms with van der Waals surface area (Å²) in [6.07, 6.45) is 4.15. The molecule has 0 heterocycles. The van der Waals surface area contributed by atoms with Gasteiger partial charge in [0.25, 0.3) is 0 Å². The molecule has 0 saturated carbocycles. The van der Waals surface area contributed by atoms with Crippen molar-refractivity contribution in [2.75, 3.05) is 26.2 Å². The van der Waals surface area contributed by atoms with E-state index in [4.69, 9.17) is 0 Å². The number of amides is 1. The van der Waals surface area contributed by atoms with Crippen molar-refractivity contribution in [1.29, 1.82) is 0 Å². The molecule has 102 valence electrons. The van der Waals surface area contributed by atoms with Crippen molar-refractivity contribution in [3.63, 3.8) is 0 Å². The van der Waals surface area contributed by atoms with E-state index in [-0.39, 0.29) is 11.8 Å². The van der Waals surface area contributed by atoms with Gasteiger partial charge in [0.05, 0.1) is 0 Å². The van der Waals surface area contributed by atoms with Gasteiger partial charge in [-0.3, -0.25) is 4.79 Å². The molecule has 3 nitrogen and oxygen atoms in total. The van der Waals surface area contributed by atoms with Crippen molar-refractivity contribution in [2.24, 2.45) is 5.92 Å². The fourth-order valence-electron chi connectivity index (χ4n) is 2.02. The van der Waals surface area contributed by atoms with Crippen LogP contribution in [0.3, 0.4) is 0 Å². The molecule has 1 N–H and O–H groups in total. The first-order valence-corrected chi connectivity index (χ1v) is 7.19. The Labute approximate surface area is 107 Å². The summed E-state index contributed by atoms with van der Waals surface area (Å²) in [5.74, 6) is 0.440. The maximum atomic E-state index is 11.7. The number of rotatable bonds is 10. The molecule has 0 aromatic carbocycles. The van der Waals surface area contributed by atoms with Gasteiger partial charge >= 0.3 is 0 Å². The Hall–Kier alpha value is -0.570. The molecule has 0 radical (unpaired) electrons. The molecule has 0 aromatic heterocycles. The molecule has 0 aliphatic heterocycles. The third-order valence-corrected chi connectivity index (χ3v) is 3.45. The van der Waals surface area contributed by atoms with Crippen molar-refractivity contribution < 1.29 is 4.79 Å². The molecule has 0 aliphatic carbocycles. The van der Waals surface area contributed by atoms with Gasteiger partial charge in [-0.05, 0) is 45.3 Å². The number of hydrogen-bond acceptors (Lipinski definition) is 2. The van der Waals surface area contributed by atoms with Gasteiger partial charge in [-0.15, -0.1) is 0 Å². The summed E-state index contributed by atoms with van der Waals surface area (Å²) < 4.78 is 0. The average molecular weight is 242 g/mol. The third kappa shape index (κ3) is 7.37. The van der Waals surface area contributed by atoms with Gasteiger partial charge in [0.2, 0.25) is 5.91 Å². The zero-order valence-electron chi connectivity index (χ0n) is 12.1. The Morgan fingerprint density at radius 3 is 2.12 bits per heavy atom. The van der Waals surface area contributed by atoms with Crippen LogP contribution < -0.4 is 5.32 Å². The first kappa shape index (κ1) is 16.4. The zero-order valence-corrected chi connectivity index (χ0v) is 12.1. The van der Waals surface area contributed by atoms with E-state index in [0.717, 1.165) is 45.4 Å². The summed E-state index contributed by atoms with van der Waals surface area (Å²) >= 11 is 0. The molecule has 0 unspecified atom stereocenters. The Morgan fingerprint density at radius 1 is 1.06 bits per heavy atom. The van der Waals surface area contributed by atoms with Crippen molar-refractivity contribution >= 4 is 5.91 Å². The van der Waals surface area contributed by atoms with Gasteiger partial charge in [-0.2, -0.15) is 0 Å². The van der Waals surface area contributed by atoms with Gasteiger partial charge in [0.15, 0.2) is 0 Å². The fourth-order valence-corrected chi connectivity index (χ4v) is 2.02. The number of carbonyl (C=O) groups excluding carboxylic acids is 1. The summed E-state index contributed by atoms with van der Waals surface area (Å²) in [6, 6.07) is 0. The quantitative estimate of drug-likeness (QED) is 0.597. The smallest absolute Gasteiger partial charge is 0.223 e. The van der Waals surface area contributed by atoms with E-state index in [1.807, 2.05) is 0 Å². The molecule has 1 amide bonds. The van der Waals surface area contributed by atoms with E-state index >= 15 is 0 Å². The molecular weight excluding hydrogens is 212 g/mol. The van der Waals surface area contributed by atoms with Crippen molar-refractivity contribution in [3.8, 4) is 0 Å². The van der Waals surface area contributed by atoms with Crippen LogP contribution in [-0.4, -0.2) is 37.0 Å². The second-order valence-electron chi connectivity index (χ2n) is 4.54. The minimum Gasteiger partial charge on any atom is -0.356 e. The lowest BCUT2D eigenvalue weighted by Gasteiger charge is -2.18. The fraction of sp³-hybridized carbons (Fsp3) is 0.929. The summed E-state index contributed by atoms with van der Waals surface area (Å²) in [5, 5.41) is 3.04. The highest BCUT2D eigenvalue weighted by molar-refractivity contribution is 5.78. The van der Waals surface area contributed by atoms with Crippen LogP contribution in [0.25, 0.3) is 0 Å². The maximum Gasteiger partial charge on any atom is 0.223 e. The zero-order chi connectivity index (χ0) is 13.1. The molecule has 0 spiro atoms. The van der Waals surface area contributed by atoms with Crippen LogP contribution in [0.4, 0.5) is 0 Å². The van der Waals surface area contributed by atoms with E-state index in [1.54, 1.807) is 0 Å². The Balaban J connectivity index is 3.54. The van der Waals surface area contributed by atoms with Crippen molar-refractivity contribution in [3.05, 3.63) is 0 Å². The molecule has 0 aliphatic rings. The Kier molecular flexibility index (Phi) is 10.2. The SMILES string of the molecule is CCC(CC)C(=O)NCCCCN(CC)CC. The highest BCUT2D eigenvalue weighted by atomic mass is 16.1. The summed E-state index contributed by atoms with van der Waals surface area (Å²) in [5.41, 5.74) is 0. The first-order valence-electron chi connectivity index (χ1n) is 7.19. The lowest BCUT2D eigenvalue weighted by Crippen LogP contribution is -2.31. The Morgan fingerprint density at radius 2 is 1.65 bits per heavy atom. The summed E-state index contributed by atoms with van der Waals surface area (Å²) in [7, 11) is 0. The van der Waals surface area contributed by atoms with E-state index in [9.17, 15) is 4.79 Å². The number of hydrogen-bond donors (Lipinski definition) is 1. The molecule has 3 heteroatoms. The van der Waals surface area contributed by atoms with Crippen LogP contribution in [0, 0.1) is 5.92 Å². The van der Waals surface area contributed by atoms with Crippen LogP contribution in [0.2, 0.25) is 0 Å². The highest BCUT2D eigenvalue weighted by Gasteiger charge is 2.12. The minimum absolute atomic E-state index is 0.206. The van der Waals surface area contributed by atoms with Crippen LogP contribution >= 0.6 is 0 Å². The van der Waals surface area contributed by atoms with E-state index in [1.165, 1.54) is 6.42 Å². The molecule has 0 bridgehead atoms. The van der Waals surface area contributed by atoms with Crippen molar-refractivity contribution in [2.45, 2.75) is 53.4 Å². The minimum atomic E-state index is 0.206. The predicted molar refractivity (Wildman–Crippen MR) is 74.1 cm³/mol. The topological polar surface area (TPSA) is 32.3 Å². The first-order chi connectivity index (χ1) is 8.19. The monoisotopic (exact) mass is 242 g/mol. The van der Waals surface area contributed by atoms with Crippen molar-refractivity contribution in [1.82, 2.24) is 10.2 Å². The molecule has 0 atom stereocenters. The van der Waals surface area contributed by atoms with Gasteiger partial charge in [0.1, 0.15) is 0 Å². The van der Waals surface area contributed by atoms with Crippen LogP contribution in [0.15, 0.2) is 0 Å². The normalized spacial score (nSPS) is 11.2. The maximum absolute atomic E-state index is 11.7. The third-order valence-electron chi connectivity index (χ3n) is 3.45. The van der Waals surface area contributed by atoms with Gasteiger partial charge < -0.3 is 10.2 Å². The van der Waals surface area contributed by atoms with E-state index < -0.39 is 0 Å². The number of nitrogens with zero attached hydrogens (tertiary/aromatic N) is 1. The van der Waals surface area contributed by atoms with Crippen LogP contribution in [0.1, 0.15) is 53.4 Å². The summed E-state index contributed by atoms with van der Waals surface area (Å²) in [6.45, 7) is 12.8. The number of unbranched alkanes of at least 4 members (excludes halogenated alkanes) is 1. The number of nitrogens with one attached hydrogen (secondary N) is 1. The average Bonchev–Trinajstić information content (AvgIpc) is 2.35. The highest BCUT2D eigenvalue weighted by Crippen LogP contribution is 2.06. The molecule has 0 saturated heterocycles. The molecular formula is C14H30N2O. The molecule has 0 aromatic rings. The van der Waals surface area contributed by atoms with E-state index in [2.05, 4.69) is 37.9 Å². The van der Waals surface area contributed by atoms with Crippen LogP contribution in [0.5, 0.6) is 0 Å². The second-order valence-corrected chi connectivity index (χ2v) is 4.54. The van der Waals surface area contributed by atoms with E-state index in [0.29, 0.717) is 0 Å². The lowest BCUT2D eigenvalue weighted by atomic mass is 10.0. The Bertz CT molecular complexity index is 187. The molecule has 0 rings (SSSR count). The standard InChI is InChI=1S/C14H30N2O/c1-5-13(6-2)14(17)15-11-9-10-12-16(7-3)8-4/h13H,5-12H2,1-4H3,(H,15,17). The predicted octanol–water partition coefficient (Wildman–Crippen LogP) is 2.66. The molecule has 17 heavy (non-hydrogen) atoms. The summed E-state index contributed by atoms with van der Waals surface area (Å²) in [4.78, 5) is 14.1.